The van der Waals surface area contributed by atoms with Crippen LogP contribution in [0.2, 0.25) is 0 Å². The number of hydrogen-bond acceptors (Lipinski definition) is 7. The Balaban J connectivity index is 1.74. The Kier molecular flexibility index (Phi) is 7.23. The lowest BCUT2D eigenvalue weighted by atomic mass is 9.94. The zero-order chi connectivity index (χ0) is 23.4. The number of aromatic nitrogens is 1. The SMILES string of the molecule is COc1cc(/C=C2\S/C(=N/c3cccc(C)n3)N(C3CCCCC3)C2=O)cc(OC)c1OC. The van der Waals surface area contributed by atoms with Gasteiger partial charge in [-0.2, -0.15) is 0 Å². The Bertz CT molecular complexity index is 1070. The lowest BCUT2D eigenvalue weighted by molar-refractivity contribution is -0.124. The lowest BCUT2D eigenvalue weighted by Gasteiger charge is -2.30. The fraction of sp³-hybridized carbons (Fsp3) is 0.400. The van der Waals surface area contributed by atoms with Crippen LogP contribution >= 0.6 is 11.8 Å². The first-order valence-electron chi connectivity index (χ1n) is 11.1. The average molecular weight is 468 g/mol. The van der Waals surface area contributed by atoms with Gasteiger partial charge in [0.2, 0.25) is 5.75 Å². The van der Waals surface area contributed by atoms with E-state index in [9.17, 15) is 4.79 Å². The lowest BCUT2D eigenvalue weighted by Crippen LogP contribution is -2.40. The van der Waals surface area contributed by atoms with E-state index in [4.69, 9.17) is 19.2 Å². The number of aryl methyl sites for hydroxylation is 1. The van der Waals surface area contributed by atoms with Crippen LogP contribution in [-0.2, 0) is 4.79 Å². The third kappa shape index (κ3) is 5.00. The molecule has 2 aromatic rings. The largest absolute Gasteiger partial charge is 0.493 e. The summed E-state index contributed by atoms with van der Waals surface area (Å²) in [5.74, 6) is 2.19. The minimum Gasteiger partial charge on any atom is -0.493 e. The van der Waals surface area contributed by atoms with Gasteiger partial charge in [0.25, 0.3) is 5.91 Å². The van der Waals surface area contributed by atoms with Gasteiger partial charge in [-0.15, -0.1) is 0 Å². The fourth-order valence-corrected chi connectivity index (χ4v) is 5.30. The number of carbonyl (C=O) groups excluding carboxylic acids is 1. The molecule has 0 N–H and O–H groups in total. The molecule has 0 atom stereocenters. The molecule has 1 amide bonds. The summed E-state index contributed by atoms with van der Waals surface area (Å²) >= 11 is 1.39. The maximum Gasteiger partial charge on any atom is 0.267 e. The van der Waals surface area contributed by atoms with Gasteiger partial charge in [-0.1, -0.05) is 25.3 Å². The molecule has 2 fully saturated rings. The van der Waals surface area contributed by atoms with Crippen molar-refractivity contribution < 1.29 is 19.0 Å². The topological polar surface area (TPSA) is 73.3 Å². The van der Waals surface area contributed by atoms with E-state index in [0.29, 0.717) is 33.1 Å². The number of methoxy groups -OCH3 is 3. The standard InChI is InChI=1S/C25H29N3O4S/c1-16-9-8-12-22(26-16)27-25-28(18-10-6-5-7-11-18)24(29)21(33-25)15-17-13-19(30-2)23(32-4)20(14-17)31-3/h8-9,12-15,18H,5-7,10-11H2,1-4H3/b21-15-,27-25+. The van der Waals surface area contributed by atoms with Gasteiger partial charge in [-0.05, 0) is 67.4 Å². The number of nitrogens with zero attached hydrogens (tertiary/aromatic N) is 3. The van der Waals surface area contributed by atoms with Crippen LogP contribution in [0.15, 0.2) is 40.2 Å². The van der Waals surface area contributed by atoms with E-state index in [0.717, 1.165) is 36.9 Å². The summed E-state index contributed by atoms with van der Waals surface area (Å²) in [6, 6.07) is 9.57. The Hall–Kier alpha value is -3.00. The number of thioether (sulfide) groups is 1. The number of amidine groups is 1. The van der Waals surface area contributed by atoms with Crippen molar-refractivity contribution in [1.82, 2.24) is 9.88 Å². The molecule has 0 spiro atoms. The highest BCUT2D eigenvalue weighted by molar-refractivity contribution is 8.18. The van der Waals surface area contributed by atoms with Crippen LogP contribution in [0.5, 0.6) is 17.2 Å². The van der Waals surface area contributed by atoms with Crippen LogP contribution in [0.25, 0.3) is 6.08 Å². The predicted octanol–water partition coefficient (Wildman–Crippen LogP) is 5.35. The van der Waals surface area contributed by atoms with Crippen LogP contribution in [0.4, 0.5) is 5.82 Å². The predicted molar refractivity (Wildman–Crippen MR) is 131 cm³/mol. The van der Waals surface area contributed by atoms with Crippen LogP contribution in [0, 0.1) is 6.92 Å². The molecule has 0 unspecified atom stereocenters. The average Bonchev–Trinajstić information content (AvgIpc) is 3.13. The number of rotatable bonds is 6. The molecule has 1 saturated carbocycles. The Morgan fingerprint density at radius 3 is 2.36 bits per heavy atom. The van der Waals surface area contributed by atoms with Crippen molar-refractivity contribution in [2.45, 2.75) is 45.1 Å². The van der Waals surface area contributed by atoms with E-state index in [1.165, 1.54) is 18.2 Å². The monoisotopic (exact) mass is 467 g/mol. The number of hydrogen-bond donors (Lipinski definition) is 0. The van der Waals surface area contributed by atoms with E-state index in [-0.39, 0.29) is 11.9 Å². The van der Waals surface area contributed by atoms with Crippen molar-refractivity contribution in [2.75, 3.05) is 21.3 Å². The number of amides is 1. The summed E-state index contributed by atoms with van der Waals surface area (Å²) in [7, 11) is 4.72. The van der Waals surface area contributed by atoms with Crippen LogP contribution in [0.3, 0.4) is 0 Å². The minimum atomic E-state index is -0.0212. The highest BCUT2D eigenvalue weighted by Crippen LogP contribution is 2.42. The smallest absolute Gasteiger partial charge is 0.267 e. The first kappa shape index (κ1) is 23.2. The van der Waals surface area contributed by atoms with Gasteiger partial charge in [0.15, 0.2) is 22.5 Å². The zero-order valence-electron chi connectivity index (χ0n) is 19.5. The van der Waals surface area contributed by atoms with Crippen molar-refractivity contribution in [3.05, 3.63) is 46.5 Å². The molecule has 8 heteroatoms. The van der Waals surface area contributed by atoms with Gasteiger partial charge in [0.05, 0.1) is 26.2 Å². The zero-order valence-corrected chi connectivity index (χ0v) is 20.3. The molecule has 1 saturated heterocycles. The third-order valence-corrected chi connectivity index (χ3v) is 6.83. The molecule has 7 nitrogen and oxygen atoms in total. The number of carbonyl (C=O) groups is 1. The summed E-state index contributed by atoms with van der Waals surface area (Å²) in [5, 5.41) is 0.684. The summed E-state index contributed by atoms with van der Waals surface area (Å²) in [6.07, 6.45) is 7.31. The van der Waals surface area contributed by atoms with E-state index >= 15 is 0 Å². The normalized spacial score (nSPS) is 19.4. The molecule has 1 aromatic heterocycles. The number of benzene rings is 1. The highest BCUT2D eigenvalue weighted by Gasteiger charge is 2.38. The molecule has 33 heavy (non-hydrogen) atoms. The second-order valence-corrected chi connectivity index (χ2v) is 9.08. The van der Waals surface area contributed by atoms with Crippen LogP contribution in [-0.4, -0.2) is 48.3 Å². The molecule has 0 radical (unpaired) electrons. The Morgan fingerprint density at radius 2 is 1.76 bits per heavy atom. The van der Waals surface area contributed by atoms with Crippen molar-refractivity contribution in [1.29, 1.82) is 0 Å². The van der Waals surface area contributed by atoms with Crippen molar-refractivity contribution in [3.63, 3.8) is 0 Å². The molecule has 1 aliphatic heterocycles. The minimum absolute atomic E-state index is 0.0212. The molecule has 0 bridgehead atoms. The molecule has 174 valence electrons. The molecular formula is C25H29N3O4S. The Labute approximate surface area is 198 Å². The highest BCUT2D eigenvalue weighted by atomic mass is 32.2. The Morgan fingerprint density at radius 1 is 1.06 bits per heavy atom. The van der Waals surface area contributed by atoms with Crippen molar-refractivity contribution in [2.24, 2.45) is 4.99 Å². The summed E-state index contributed by atoms with van der Waals surface area (Å²) in [4.78, 5) is 25.3. The fourth-order valence-electron chi connectivity index (χ4n) is 4.25. The maximum absolute atomic E-state index is 13.6. The second-order valence-electron chi connectivity index (χ2n) is 8.07. The van der Waals surface area contributed by atoms with Gasteiger partial charge >= 0.3 is 0 Å². The van der Waals surface area contributed by atoms with Gasteiger partial charge in [-0.3, -0.25) is 9.69 Å². The number of aliphatic imine (C=N–C) groups is 1. The molecule has 2 aliphatic rings. The first-order valence-corrected chi connectivity index (χ1v) is 11.9. The van der Waals surface area contributed by atoms with Gasteiger partial charge in [0, 0.05) is 11.7 Å². The molecule has 4 rings (SSSR count). The van der Waals surface area contributed by atoms with Crippen LogP contribution in [0.1, 0.15) is 43.4 Å². The van der Waals surface area contributed by atoms with Gasteiger partial charge < -0.3 is 14.2 Å². The van der Waals surface area contributed by atoms with Gasteiger partial charge in [-0.25, -0.2) is 9.98 Å². The number of pyridine rings is 1. The molecule has 2 heterocycles. The summed E-state index contributed by atoms with van der Waals surface area (Å²) in [5.41, 5.74) is 1.68. The quantitative estimate of drug-likeness (QED) is 0.533. The van der Waals surface area contributed by atoms with E-state index < -0.39 is 0 Å². The van der Waals surface area contributed by atoms with E-state index in [1.807, 2.05) is 48.2 Å². The summed E-state index contributed by atoms with van der Waals surface area (Å²) in [6.45, 7) is 1.94. The summed E-state index contributed by atoms with van der Waals surface area (Å²) < 4.78 is 16.4. The van der Waals surface area contributed by atoms with Crippen molar-refractivity contribution >= 4 is 34.7 Å². The third-order valence-electron chi connectivity index (χ3n) is 5.85. The van der Waals surface area contributed by atoms with Crippen LogP contribution < -0.4 is 14.2 Å². The maximum atomic E-state index is 13.6. The second kappa shape index (κ2) is 10.3. The molecule has 1 aliphatic carbocycles. The number of ether oxygens (including phenoxy) is 3. The van der Waals surface area contributed by atoms with Gasteiger partial charge in [0.1, 0.15) is 0 Å². The molecular weight excluding hydrogens is 438 g/mol. The molecule has 1 aromatic carbocycles. The van der Waals surface area contributed by atoms with E-state index in [1.54, 1.807) is 21.3 Å². The van der Waals surface area contributed by atoms with E-state index in [2.05, 4.69) is 4.98 Å². The first-order chi connectivity index (χ1) is 16.0. The van der Waals surface area contributed by atoms with Crippen molar-refractivity contribution in [3.8, 4) is 17.2 Å².